The maximum absolute atomic E-state index is 5.39. The fourth-order valence-corrected chi connectivity index (χ4v) is 9.05. The van der Waals surface area contributed by atoms with E-state index in [9.17, 15) is 0 Å². The van der Waals surface area contributed by atoms with E-state index in [-0.39, 0.29) is 0 Å². The zero-order valence-corrected chi connectivity index (χ0v) is 33.1. The Labute approximate surface area is 352 Å². The van der Waals surface area contributed by atoms with Crippen LogP contribution in [0.25, 0.3) is 116 Å². The fourth-order valence-electron chi connectivity index (χ4n) is 9.05. The van der Waals surface area contributed by atoms with Crippen LogP contribution in [-0.4, -0.2) is 19.5 Å². The normalized spacial score (nSPS) is 11.6. The summed E-state index contributed by atoms with van der Waals surface area (Å²) in [4.78, 5) is 15.9. The summed E-state index contributed by atoms with van der Waals surface area (Å²) in [5.74, 6) is 1.87. The molecule has 0 fully saturated rings. The minimum Gasteiger partial charge on any atom is -0.308 e. The van der Waals surface area contributed by atoms with Gasteiger partial charge in [-0.1, -0.05) is 182 Å². The van der Waals surface area contributed by atoms with Crippen molar-refractivity contribution in [3.8, 4) is 62.1 Å². The summed E-state index contributed by atoms with van der Waals surface area (Å²) in [7, 11) is 0. The molecule has 0 radical (unpaired) electrons. The quantitative estimate of drug-likeness (QED) is 0.169. The maximum Gasteiger partial charge on any atom is 0.164 e. The van der Waals surface area contributed by atoms with Crippen LogP contribution in [0.2, 0.25) is 0 Å². The maximum atomic E-state index is 5.39. The zero-order chi connectivity index (χ0) is 40.3. The van der Waals surface area contributed by atoms with Crippen LogP contribution in [-0.2, 0) is 0 Å². The van der Waals surface area contributed by atoms with E-state index in [0.29, 0.717) is 17.5 Å². The van der Waals surface area contributed by atoms with Crippen LogP contribution in [0.5, 0.6) is 0 Å². The number of nitrogens with zero attached hydrogens (tertiary/aromatic N) is 4. The van der Waals surface area contributed by atoms with Crippen molar-refractivity contribution in [2.75, 3.05) is 0 Å². The van der Waals surface area contributed by atoms with Gasteiger partial charge < -0.3 is 4.57 Å². The van der Waals surface area contributed by atoms with Gasteiger partial charge in [0.1, 0.15) is 0 Å². The number of aromatic nitrogens is 4. The molecule has 10 aromatic carbocycles. The lowest BCUT2D eigenvalue weighted by atomic mass is 9.91. The molecule has 4 heteroatoms. The molecule has 0 aliphatic carbocycles. The Hall–Kier alpha value is -8.21. The van der Waals surface area contributed by atoms with Gasteiger partial charge in [-0.15, -0.1) is 0 Å². The van der Waals surface area contributed by atoms with Crippen LogP contribution < -0.4 is 0 Å². The predicted octanol–water partition coefficient (Wildman–Crippen LogP) is 14.8. The summed E-state index contributed by atoms with van der Waals surface area (Å²) in [6.45, 7) is 0. The van der Waals surface area contributed by atoms with E-state index in [1.807, 2.05) is 18.2 Å². The molecule has 12 aromatic rings. The second-order valence-corrected chi connectivity index (χ2v) is 15.6. The average Bonchev–Trinajstić information content (AvgIpc) is 3.65. The highest BCUT2D eigenvalue weighted by Gasteiger charge is 2.24. The molecule has 61 heavy (non-hydrogen) atoms. The molecule has 0 bridgehead atoms. The first-order valence-electron chi connectivity index (χ1n) is 20.7. The molecule has 4 nitrogen and oxygen atoms in total. The van der Waals surface area contributed by atoms with Crippen LogP contribution >= 0.6 is 0 Å². The third-order valence-corrected chi connectivity index (χ3v) is 12.0. The Morgan fingerprint density at radius 2 is 0.820 bits per heavy atom. The third kappa shape index (κ3) is 5.96. The topological polar surface area (TPSA) is 43.6 Å². The molecule has 0 spiro atoms. The number of hydrogen-bond donors (Lipinski definition) is 0. The molecule has 0 atom stereocenters. The van der Waals surface area contributed by atoms with Crippen molar-refractivity contribution >= 4 is 54.1 Å². The van der Waals surface area contributed by atoms with Gasteiger partial charge in [-0.25, -0.2) is 15.0 Å². The van der Waals surface area contributed by atoms with E-state index < -0.39 is 0 Å². The van der Waals surface area contributed by atoms with E-state index >= 15 is 0 Å². The Bertz CT molecular complexity index is 3630. The van der Waals surface area contributed by atoms with E-state index in [0.717, 1.165) is 71.8 Å². The molecule has 0 N–H and O–H groups in total. The van der Waals surface area contributed by atoms with Crippen molar-refractivity contribution in [3.63, 3.8) is 0 Å². The van der Waals surface area contributed by atoms with Crippen LogP contribution in [0.4, 0.5) is 0 Å². The van der Waals surface area contributed by atoms with E-state index in [4.69, 9.17) is 15.0 Å². The number of rotatable bonds is 6. The van der Waals surface area contributed by atoms with Gasteiger partial charge in [0, 0.05) is 38.4 Å². The Balaban J connectivity index is 1.22. The molecule has 2 aromatic heterocycles. The highest BCUT2D eigenvalue weighted by molar-refractivity contribution is 6.16. The molecule has 0 saturated carbocycles. The van der Waals surface area contributed by atoms with Crippen molar-refractivity contribution < 1.29 is 0 Å². The second kappa shape index (κ2) is 14.3. The second-order valence-electron chi connectivity index (χ2n) is 15.6. The van der Waals surface area contributed by atoms with Crippen LogP contribution in [0.3, 0.4) is 0 Å². The number of hydrogen-bond acceptors (Lipinski definition) is 3. The first-order chi connectivity index (χ1) is 30.2. The first-order valence-corrected chi connectivity index (χ1v) is 20.7. The molecule has 2 heterocycles. The Morgan fingerprint density at radius 3 is 1.56 bits per heavy atom. The monoisotopic (exact) mass is 776 g/mol. The number of benzene rings is 10. The molecular weight excluding hydrogens is 741 g/mol. The lowest BCUT2D eigenvalue weighted by Gasteiger charge is -2.21. The lowest BCUT2D eigenvalue weighted by Crippen LogP contribution is -2.04. The van der Waals surface area contributed by atoms with E-state index in [1.54, 1.807) is 0 Å². The predicted molar refractivity (Wildman–Crippen MR) is 254 cm³/mol. The summed E-state index contributed by atoms with van der Waals surface area (Å²) < 4.78 is 2.48. The third-order valence-electron chi connectivity index (χ3n) is 12.0. The van der Waals surface area contributed by atoms with Crippen molar-refractivity contribution in [3.05, 3.63) is 218 Å². The number of fused-ring (bicyclic) bond motifs is 6. The van der Waals surface area contributed by atoms with Crippen LogP contribution in [0.15, 0.2) is 218 Å². The van der Waals surface area contributed by atoms with Crippen LogP contribution in [0, 0.1) is 0 Å². The highest BCUT2D eigenvalue weighted by Crippen LogP contribution is 2.45. The Kier molecular flexibility index (Phi) is 8.13. The molecule has 12 rings (SSSR count). The van der Waals surface area contributed by atoms with Gasteiger partial charge in [-0.05, 0) is 80.0 Å². The molecule has 0 saturated heterocycles. The van der Waals surface area contributed by atoms with Crippen molar-refractivity contribution in [1.29, 1.82) is 0 Å². The van der Waals surface area contributed by atoms with Gasteiger partial charge in [0.15, 0.2) is 17.5 Å². The standard InChI is InChI=1S/C57H36N4/c1-4-16-37(17-5-1)44-30-31-47-49(33-44)51(57-59-55(40-21-8-3-9-22-40)58-56(60-57)45-29-28-38-18-10-11-23-41(38)32-45)36-48(39-19-6-2-7-20-39)54(47)61-52-27-15-14-26-46(52)50-34-42-24-12-13-25-43(42)35-53(50)61/h1-36H. The van der Waals surface area contributed by atoms with Crippen molar-refractivity contribution in [1.82, 2.24) is 19.5 Å². The van der Waals surface area contributed by atoms with E-state index in [2.05, 4.69) is 205 Å². The lowest BCUT2D eigenvalue weighted by molar-refractivity contribution is 1.08. The van der Waals surface area contributed by atoms with Crippen molar-refractivity contribution in [2.24, 2.45) is 0 Å². The molecule has 284 valence electrons. The van der Waals surface area contributed by atoms with Gasteiger partial charge in [0.25, 0.3) is 0 Å². The smallest absolute Gasteiger partial charge is 0.164 e. The summed E-state index contributed by atoms with van der Waals surface area (Å²) in [5, 5.41) is 9.31. The van der Waals surface area contributed by atoms with Gasteiger partial charge >= 0.3 is 0 Å². The van der Waals surface area contributed by atoms with Gasteiger partial charge in [-0.2, -0.15) is 0 Å². The molecular formula is C57H36N4. The molecule has 0 aliphatic heterocycles. The summed E-state index contributed by atoms with van der Waals surface area (Å²) in [5.41, 5.74) is 10.7. The summed E-state index contributed by atoms with van der Waals surface area (Å²) in [6, 6.07) is 77.8. The van der Waals surface area contributed by atoms with E-state index in [1.165, 1.54) is 26.9 Å². The minimum absolute atomic E-state index is 0.615. The first kappa shape index (κ1) is 34.8. The molecule has 0 amide bonds. The minimum atomic E-state index is 0.615. The van der Waals surface area contributed by atoms with Gasteiger partial charge in [0.05, 0.1) is 16.7 Å². The highest BCUT2D eigenvalue weighted by atomic mass is 15.0. The fraction of sp³-hybridized carbons (Fsp3) is 0. The van der Waals surface area contributed by atoms with Crippen molar-refractivity contribution in [2.45, 2.75) is 0 Å². The molecule has 0 aliphatic rings. The number of para-hydroxylation sites is 1. The SMILES string of the molecule is c1ccc(-c2ccc3c(-n4c5ccccc5c5cc6ccccc6cc54)c(-c4ccccc4)cc(-c4nc(-c5ccccc5)nc(-c5ccc6ccccc6c5)n4)c3c2)cc1. The summed E-state index contributed by atoms with van der Waals surface area (Å²) >= 11 is 0. The Morgan fingerprint density at radius 1 is 0.262 bits per heavy atom. The molecule has 0 unspecified atom stereocenters. The largest absolute Gasteiger partial charge is 0.308 e. The zero-order valence-electron chi connectivity index (χ0n) is 33.1. The average molecular weight is 777 g/mol. The van der Waals surface area contributed by atoms with Crippen LogP contribution in [0.1, 0.15) is 0 Å². The van der Waals surface area contributed by atoms with Gasteiger partial charge in [0.2, 0.25) is 0 Å². The van der Waals surface area contributed by atoms with Gasteiger partial charge in [-0.3, -0.25) is 0 Å². The summed E-state index contributed by atoms with van der Waals surface area (Å²) in [6.07, 6.45) is 0.